The van der Waals surface area contributed by atoms with Crippen LogP contribution < -0.4 is 9.47 Å². The highest BCUT2D eigenvalue weighted by atomic mass is 16.6. The van der Waals surface area contributed by atoms with Crippen molar-refractivity contribution < 1.29 is 23.8 Å². The second-order valence-electron chi connectivity index (χ2n) is 7.42. The third-order valence-electron chi connectivity index (χ3n) is 5.66. The lowest BCUT2D eigenvalue weighted by Gasteiger charge is -2.39. The highest BCUT2D eigenvalue weighted by molar-refractivity contribution is 5.80. The number of methoxy groups -OCH3 is 1. The van der Waals surface area contributed by atoms with Crippen LogP contribution in [0.1, 0.15) is 18.4 Å². The van der Waals surface area contributed by atoms with Crippen molar-refractivity contribution in [2.75, 3.05) is 40.4 Å². The highest BCUT2D eigenvalue weighted by Gasteiger charge is 2.46. The first-order valence-corrected chi connectivity index (χ1v) is 9.02. The maximum Gasteiger partial charge on any atom is 0.410 e. The molecule has 1 aromatic carbocycles. The topological polar surface area (TPSA) is 68.3 Å². The summed E-state index contributed by atoms with van der Waals surface area (Å²) in [6.45, 7) is 2.23. The van der Waals surface area contributed by atoms with Gasteiger partial charge in [0, 0.05) is 39.0 Å². The molecular weight excluding hydrogens is 336 g/mol. The van der Waals surface area contributed by atoms with Crippen LogP contribution in [0.25, 0.3) is 0 Å². The summed E-state index contributed by atoms with van der Waals surface area (Å²) in [5.41, 5.74) is 0.615. The Morgan fingerprint density at radius 1 is 1.31 bits per heavy atom. The number of fused-ring (bicyclic) bond motifs is 1. The van der Waals surface area contributed by atoms with Gasteiger partial charge >= 0.3 is 6.09 Å². The van der Waals surface area contributed by atoms with Gasteiger partial charge in [0.15, 0.2) is 0 Å². The quantitative estimate of drug-likeness (QED) is 0.803. The molecule has 1 spiro atoms. The Morgan fingerprint density at radius 3 is 2.73 bits per heavy atom. The predicted molar refractivity (Wildman–Crippen MR) is 93.3 cm³/mol. The molecule has 2 amide bonds. The number of piperidine rings is 1. The molecule has 1 aromatic rings. The Bertz CT molecular complexity index is 727. The van der Waals surface area contributed by atoms with Crippen LogP contribution in [0.3, 0.4) is 0 Å². The first-order valence-electron chi connectivity index (χ1n) is 9.02. The molecule has 0 N–H and O–H groups in total. The highest BCUT2D eigenvalue weighted by Crippen LogP contribution is 2.35. The van der Waals surface area contributed by atoms with E-state index in [1.807, 2.05) is 23.1 Å². The fraction of sp³-hybridized carbons (Fsp3) is 0.579. The van der Waals surface area contributed by atoms with Gasteiger partial charge in [-0.05, 0) is 18.1 Å². The molecule has 0 radical (unpaired) electrons. The average Bonchev–Trinajstić information content (AvgIpc) is 2.94. The van der Waals surface area contributed by atoms with Crippen LogP contribution in [0.5, 0.6) is 11.5 Å². The molecule has 7 nitrogen and oxygen atoms in total. The van der Waals surface area contributed by atoms with Gasteiger partial charge in [-0.3, -0.25) is 4.79 Å². The lowest BCUT2D eigenvalue weighted by atomic mass is 9.89. The molecule has 26 heavy (non-hydrogen) atoms. The smallest absolute Gasteiger partial charge is 0.410 e. The summed E-state index contributed by atoms with van der Waals surface area (Å²) in [5.74, 6) is 1.51. The fourth-order valence-electron chi connectivity index (χ4n) is 4.08. The lowest BCUT2D eigenvalue weighted by Crippen LogP contribution is -2.51. The van der Waals surface area contributed by atoms with E-state index in [4.69, 9.17) is 14.2 Å². The van der Waals surface area contributed by atoms with E-state index in [2.05, 4.69) is 0 Å². The number of rotatable bonds is 2. The van der Waals surface area contributed by atoms with E-state index < -0.39 is 5.60 Å². The minimum Gasteiger partial charge on any atom is -0.497 e. The minimum absolute atomic E-state index is 0.124. The van der Waals surface area contributed by atoms with Crippen LogP contribution in [-0.2, 0) is 16.0 Å². The molecule has 0 aliphatic carbocycles. The van der Waals surface area contributed by atoms with Crippen LogP contribution in [0, 0.1) is 5.92 Å². The summed E-state index contributed by atoms with van der Waals surface area (Å²) in [5, 5.41) is 0. The van der Waals surface area contributed by atoms with Gasteiger partial charge in [0.2, 0.25) is 5.91 Å². The summed E-state index contributed by atoms with van der Waals surface area (Å²) in [4.78, 5) is 28.1. The average molecular weight is 360 g/mol. The number of likely N-dealkylation sites (N-methyl/N-ethyl adjacent to an activating group) is 1. The third-order valence-corrected chi connectivity index (χ3v) is 5.66. The molecule has 3 aliphatic rings. The summed E-state index contributed by atoms with van der Waals surface area (Å²) in [6, 6.07) is 5.73. The van der Waals surface area contributed by atoms with E-state index in [-0.39, 0.29) is 17.9 Å². The van der Waals surface area contributed by atoms with E-state index >= 15 is 0 Å². The summed E-state index contributed by atoms with van der Waals surface area (Å²) >= 11 is 0. The molecule has 4 rings (SSSR count). The summed E-state index contributed by atoms with van der Waals surface area (Å²) in [7, 11) is 3.37. The first-order chi connectivity index (χ1) is 12.5. The van der Waals surface area contributed by atoms with Gasteiger partial charge in [-0.25, -0.2) is 4.79 Å². The number of hydrogen-bond acceptors (Lipinski definition) is 5. The van der Waals surface area contributed by atoms with Crippen molar-refractivity contribution in [2.24, 2.45) is 5.92 Å². The van der Waals surface area contributed by atoms with Crippen LogP contribution >= 0.6 is 0 Å². The van der Waals surface area contributed by atoms with Gasteiger partial charge in [0.05, 0.1) is 19.6 Å². The molecule has 2 fully saturated rings. The van der Waals surface area contributed by atoms with E-state index in [0.29, 0.717) is 45.5 Å². The largest absolute Gasteiger partial charge is 0.497 e. The Balaban J connectivity index is 1.38. The molecule has 3 heterocycles. The number of benzene rings is 1. The summed E-state index contributed by atoms with van der Waals surface area (Å²) < 4.78 is 16.6. The van der Waals surface area contributed by atoms with Gasteiger partial charge < -0.3 is 24.0 Å². The molecular formula is C19H24N2O5. The molecule has 0 aromatic heterocycles. The second-order valence-corrected chi connectivity index (χ2v) is 7.42. The monoisotopic (exact) mass is 360 g/mol. The molecule has 3 aliphatic heterocycles. The van der Waals surface area contributed by atoms with Crippen LogP contribution in [-0.4, -0.2) is 67.8 Å². The maximum atomic E-state index is 12.9. The molecule has 0 saturated carbocycles. The van der Waals surface area contributed by atoms with Crippen molar-refractivity contribution >= 4 is 12.0 Å². The van der Waals surface area contributed by atoms with E-state index in [0.717, 1.165) is 17.1 Å². The zero-order valence-electron chi connectivity index (χ0n) is 15.2. The Labute approximate surface area is 152 Å². The van der Waals surface area contributed by atoms with Gasteiger partial charge in [0.25, 0.3) is 0 Å². The van der Waals surface area contributed by atoms with E-state index in [9.17, 15) is 9.59 Å². The van der Waals surface area contributed by atoms with Gasteiger partial charge in [-0.15, -0.1) is 0 Å². The Hall–Kier alpha value is -2.44. The fourth-order valence-corrected chi connectivity index (χ4v) is 4.08. The van der Waals surface area contributed by atoms with Crippen molar-refractivity contribution in [1.82, 2.24) is 9.80 Å². The normalized spacial score (nSPS) is 24.1. The minimum atomic E-state index is -0.422. The summed E-state index contributed by atoms with van der Waals surface area (Å²) in [6.07, 6.45) is 1.79. The number of hydrogen-bond donors (Lipinski definition) is 0. The molecule has 0 unspecified atom stereocenters. The zero-order valence-corrected chi connectivity index (χ0v) is 15.2. The molecule has 1 atom stereocenters. The second kappa shape index (κ2) is 6.37. The van der Waals surface area contributed by atoms with Gasteiger partial charge in [0.1, 0.15) is 23.7 Å². The SMILES string of the molecule is COc1ccc2c(c1)OC[C@@H](C(=O)N1CCC3(CC1)CN(C)C(=O)O3)C2. The van der Waals surface area contributed by atoms with Crippen LogP contribution in [0.15, 0.2) is 18.2 Å². The number of likely N-dealkylation sites (tertiary alicyclic amines) is 1. The number of amides is 2. The Kier molecular flexibility index (Phi) is 4.17. The maximum absolute atomic E-state index is 12.9. The zero-order chi connectivity index (χ0) is 18.3. The molecule has 7 heteroatoms. The molecule has 0 bridgehead atoms. The number of ether oxygens (including phenoxy) is 3. The van der Waals surface area contributed by atoms with Crippen molar-refractivity contribution in [3.8, 4) is 11.5 Å². The van der Waals surface area contributed by atoms with Crippen molar-refractivity contribution in [3.63, 3.8) is 0 Å². The standard InChI is InChI=1S/C19H24N2O5/c1-20-12-19(26-18(20)23)5-7-21(8-6-19)17(22)14-9-13-3-4-15(24-2)10-16(13)25-11-14/h3-4,10,14H,5-9,11-12H2,1-2H3/t14-/m0/s1. The van der Waals surface area contributed by atoms with Gasteiger partial charge in [-0.2, -0.15) is 0 Å². The molecule has 140 valence electrons. The van der Waals surface area contributed by atoms with E-state index in [1.165, 1.54) is 0 Å². The number of carbonyl (C=O) groups is 2. The number of carbonyl (C=O) groups excluding carboxylic acids is 2. The number of nitrogens with zero attached hydrogens (tertiary/aromatic N) is 2. The van der Waals surface area contributed by atoms with Crippen LogP contribution in [0.2, 0.25) is 0 Å². The lowest BCUT2D eigenvalue weighted by molar-refractivity contribution is -0.140. The third kappa shape index (κ3) is 2.95. The van der Waals surface area contributed by atoms with Crippen molar-refractivity contribution in [1.29, 1.82) is 0 Å². The van der Waals surface area contributed by atoms with Gasteiger partial charge in [-0.1, -0.05) is 6.07 Å². The predicted octanol–water partition coefficient (Wildman–Crippen LogP) is 1.69. The van der Waals surface area contributed by atoms with Crippen molar-refractivity contribution in [3.05, 3.63) is 23.8 Å². The van der Waals surface area contributed by atoms with Crippen LogP contribution in [0.4, 0.5) is 4.79 Å². The molecule has 2 saturated heterocycles. The Morgan fingerprint density at radius 2 is 2.08 bits per heavy atom. The first kappa shape index (κ1) is 17.0. The van der Waals surface area contributed by atoms with E-state index in [1.54, 1.807) is 19.1 Å². The van der Waals surface area contributed by atoms with Crippen molar-refractivity contribution in [2.45, 2.75) is 24.9 Å².